The van der Waals surface area contributed by atoms with Crippen molar-refractivity contribution in [2.24, 2.45) is 0 Å². The number of amides is 2. The van der Waals surface area contributed by atoms with Crippen molar-refractivity contribution >= 4 is 18.9 Å². The molecule has 1 unspecified atom stereocenters. The molecule has 0 spiro atoms. The highest BCUT2D eigenvalue weighted by atomic mass is 19.1. The zero-order valence-corrected chi connectivity index (χ0v) is 18.5. The van der Waals surface area contributed by atoms with Crippen LogP contribution in [0.4, 0.5) is 4.39 Å². The number of nitrogens with one attached hydrogen (secondary N) is 2. The number of ether oxygens (including phenoxy) is 1. The van der Waals surface area contributed by atoms with Crippen LogP contribution in [0.3, 0.4) is 0 Å². The van der Waals surface area contributed by atoms with E-state index < -0.39 is 36.7 Å². The highest BCUT2D eigenvalue weighted by molar-refractivity contribution is 6.43. The lowest BCUT2D eigenvalue weighted by molar-refractivity contribution is -0.122. The minimum Gasteiger partial charge on any atom is -0.497 e. The largest absolute Gasteiger partial charge is 0.497 e. The molecular formula is C24H25BFN3O5. The Balaban J connectivity index is 1.76. The molecule has 1 heterocycles. The summed E-state index contributed by atoms with van der Waals surface area (Å²) >= 11 is 0. The zero-order chi connectivity index (χ0) is 24.5. The molecule has 0 saturated heterocycles. The molecule has 4 N–H and O–H groups in total. The maximum absolute atomic E-state index is 13.5. The van der Waals surface area contributed by atoms with Crippen LogP contribution in [0.25, 0.3) is 0 Å². The first kappa shape index (κ1) is 24.9. The van der Waals surface area contributed by atoms with Crippen molar-refractivity contribution in [2.45, 2.75) is 24.8 Å². The Labute approximate surface area is 197 Å². The van der Waals surface area contributed by atoms with Crippen molar-refractivity contribution < 1.29 is 28.8 Å². The number of rotatable bonds is 10. The smallest absolute Gasteiger partial charge is 0.475 e. The van der Waals surface area contributed by atoms with Crippen LogP contribution in [0.15, 0.2) is 73.1 Å². The Morgan fingerprint density at radius 3 is 2.56 bits per heavy atom. The number of hydrogen-bond acceptors (Lipinski definition) is 6. The fraction of sp³-hybridized carbons (Fsp3) is 0.208. The van der Waals surface area contributed by atoms with Crippen molar-refractivity contribution in [3.8, 4) is 5.75 Å². The van der Waals surface area contributed by atoms with E-state index in [2.05, 4.69) is 15.6 Å². The minimum atomic E-state index is -1.87. The average molecular weight is 465 g/mol. The second-order valence-electron chi connectivity index (χ2n) is 7.67. The predicted octanol–water partition coefficient (Wildman–Crippen LogP) is 1.83. The summed E-state index contributed by atoms with van der Waals surface area (Å²) in [4.78, 5) is 29.5. The molecule has 0 saturated carbocycles. The molecule has 2 aromatic carbocycles. The summed E-state index contributed by atoms with van der Waals surface area (Å²) in [6.45, 7) is 0. The third-order valence-electron chi connectivity index (χ3n) is 5.17. The first-order chi connectivity index (χ1) is 16.4. The van der Waals surface area contributed by atoms with Gasteiger partial charge in [-0.15, -0.1) is 0 Å². The number of aromatic nitrogens is 1. The van der Waals surface area contributed by atoms with E-state index in [0.717, 1.165) is 0 Å². The molecule has 3 rings (SSSR count). The van der Waals surface area contributed by atoms with Crippen LogP contribution < -0.4 is 15.4 Å². The minimum absolute atomic E-state index is 0.00698. The van der Waals surface area contributed by atoms with E-state index in [-0.39, 0.29) is 12.8 Å². The van der Waals surface area contributed by atoms with Gasteiger partial charge in [-0.3, -0.25) is 14.6 Å². The molecule has 176 valence electrons. The number of pyridine rings is 1. The Morgan fingerprint density at radius 1 is 1.09 bits per heavy atom. The van der Waals surface area contributed by atoms with E-state index in [0.29, 0.717) is 22.4 Å². The number of nitrogens with zero attached hydrogens (tertiary/aromatic N) is 1. The number of benzene rings is 2. The summed E-state index contributed by atoms with van der Waals surface area (Å²) in [6.07, 6.45) is 2.77. The maximum Gasteiger partial charge on any atom is 0.475 e. The summed E-state index contributed by atoms with van der Waals surface area (Å²) in [5, 5.41) is 24.9. The summed E-state index contributed by atoms with van der Waals surface area (Å²) in [7, 11) is -0.359. The predicted molar refractivity (Wildman–Crippen MR) is 124 cm³/mol. The maximum atomic E-state index is 13.5. The lowest BCUT2D eigenvalue weighted by Crippen LogP contribution is -2.48. The van der Waals surface area contributed by atoms with Crippen LogP contribution in [0, 0.1) is 5.82 Å². The van der Waals surface area contributed by atoms with Gasteiger partial charge in [0.1, 0.15) is 11.6 Å². The monoisotopic (exact) mass is 465 g/mol. The van der Waals surface area contributed by atoms with Crippen LogP contribution in [-0.2, 0) is 11.2 Å². The molecule has 2 amide bonds. The molecule has 0 fully saturated rings. The standard InChI is InChI=1S/C24H25BFN3O5/c1-34-20-9-3-6-17(13-20)21(28-24(31)18-7-4-10-27-15-18)14-23(30)29-22(25(32)33)12-16-5-2-8-19(26)11-16/h2-11,13,15,21-22,32-33H,12,14H2,1H3,(H,28,31)(H,29,30)/t21?,22-/m0/s1. The van der Waals surface area contributed by atoms with Crippen LogP contribution in [0.5, 0.6) is 5.75 Å². The van der Waals surface area contributed by atoms with Crippen molar-refractivity contribution in [1.29, 1.82) is 0 Å². The van der Waals surface area contributed by atoms with E-state index in [1.165, 1.54) is 31.5 Å². The van der Waals surface area contributed by atoms with E-state index >= 15 is 0 Å². The van der Waals surface area contributed by atoms with E-state index in [9.17, 15) is 24.0 Å². The summed E-state index contributed by atoms with van der Waals surface area (Å²) in [5.74, 6) is -1.95. The fourth-order valence-electron chi connectivity index (χ4n) is 3.45. The molecule has 2 atom stereocenters. The van der Waals surface area contributed by atoms with E-state index in [1.807, 2.05) is 0 Å². The lowest BCUT2D eigenvalue weighted by atomic mass is 9.75. The van der Waals surface area contributed by atoms with Crippen molar-refractivity contribution in [3.63, 3.8) is 0 Å². The van der Waals surface area contributed by atoms with E-state index in [1.54, 1.807) is 48.7 Å². The van der Waals surface area contributed by atoms with Gasteiger partial charge in [0, 0.05) is 12.4 Å². The van der Waals surface area contributed by atoms with Crippen molar-refractivity contribution in [3.05, 3.63) is 95.6 Å². The van der Waals surface area contributed by atoms with Crippen LogP contribution in [-0.4, -0.2) is 47.0 Å². The zero-order valence-electron chi connectivity index (χ0n) is 18.5. The molecule has 0 aliphatic carbocycles. The normalized spacial score (nSPS) is 12.4. The summed E-state index contributed by atoms with van der Waals surface area (Å²) in [5.41, 5.74) is 1.44. The Hall–Kier alpha value is -3.76. The number of halogens is 1. The second kappa shape index (κ2) is 11.9. The molecule has 0 aliphatic rings. The number of carbonyl (C=O) groups is 2. The van der Waals surface area contributed by atoms with Crippen molar-refractivity contribution in [1.82, 2.24) is 15.6 Å². The molecule has 3 aromatic rings. The van der Waals surface area contributed by atoms with Crippen LogP contribution in [0.1, 0.15) is 33.9 Å². The Morgan fingerprint density at radius 2 is 1.88 bits per heavy atom. The van der Waals surface area contributed by atoms with Gasteiger partial charge in [-0.2, -0.15) is 0 Å². The summed E-state index contributed by atoms with van der Waals surface area (Å²) in [6, 6.07) is 15.1. The second-order valence-corrected chi connectivity index (χ2v) is 7.67. The van der Waals surface area contributed by atoms with Gasteiger partial charge in [-0.1, -0.05) is 24.3 Å². The topological polar surface area (TPSA) is 121 Å². The highest BCUT2D eigenvalue weighted by Gasteiger charge is 2.28. The van der Waals surface area contributed by atoms with Crippen LogP contribution >= 0.6 is 0 Å². The molecule has 0 aliphatic heterocycles. The molecule has 0 bridgehead atoms. The first-order valence-corrected chi connectivity index (χ1v) is 10.6. The van der Waals surface area contributed by atoms with Gasteiger partial charge >= 0.3 is 7.12 Å². The molecule has 10 heteroatoms. The van der Waals surface area contributed by atoms with Crippen molar-refractivity contribution in [2.75, 3.05) is 7.11 Å². The molecule has 0 radical (unpaired) electrons. The fourth-order valence-corrected chi connectivity index (χ4v) is 3.45. The van der Waals surface area contributed by atoms with Gasteiger partial charge in [-0.25, -0.2) is 4.39 Å². The average Bonchev–Trinajstić information content (AvgIpc) is 2.83. The molecule has 34 heavy (non-hydrogen) atoms. The Bertz CT molecular complexity index is 1120. The number of methoxy groups -OCH3 is 1. The van der Waals surface area contributed by atoms with Crippen LogP contribution in [0.2, 0.25) is 0 Å². The Kier molecular flexibility index (Phi) is 8.72. The quantitative estimate of drug-likeness (QED) is 0.339. The molecular weight excluding hydrogens is 440 g/mol. The third-order valence-corrected chi connectivity index (χ3v) is 5.17. The van der Waals surface area contributed by atoms with Gasteiger partial charge in [0.25, 0.3) is 5.91 Å². The first-order valence-electron chi connectivity index (χ1n) is 10.6. The van der Waals surface area contributed by atoms with E-state index in [4.69, 9.17) is 4.74 Å². The summed E-state index contributed by atoms with van der Waals surface area (Å²) < 4.78 is 18.7. The van der Waals surface area contributed by atoms with Gasteiger partial charge in [0.15, 0.2) is 0 Å². The molecule has 8 nitrogen and oxygen atoms in total. The highest BCUT2D eigenvalue weighted by Crippen LogP contribution is 2.22. The van der Waals surface area contributed by atoms with Gasteiger partial charge in [0.2, 0.25) is 5.91 Å². The number of hydrogen-bond donors (Lipinski definition) is 4. The van der Waals surface area contributed by atoms with Gasteiger partial charge < -0.3 is 25.4 Å². The number of carbonyl (C=O) groups excluding carboxylic acids is 2. The lowest BCUT2D eigenvalue weighted by Gasteiger charge is -2.22. The third kappa shape index (κ3) is 7.13. The SMILES string of the molecule is COc1cccc(C(CC(=O)N[C@@H](Cc2cccc(F)c2)B(O)O)NC(=O)c2cccnc2)c1. The van der Waals surface area contributed by atoms with Gasteiger partial charge in [-0.05, 0) is 53.9 Å². The van der Waals surface area contributed by atoms with Gasteiger partial charge in [0.05, 0.1) is 31.1 Å². The molecule has 1 aromatic heterocycles.